The molecule has 0 aromatic heterocycles. The molecule has 3 heterocycles. The fourth-order valence-corrected chi connectivity index (χ4v) is 6.62. The van der Waals surface area contributed by atoms with E-state index in [-0.39, 0.29) is 17.9 Å². The van der Waals surface area contributed by atoms with Crippen molar-refractivity contribution in [2.45, 2.75) is 58.5 Å². The van der Waals surface area contributed by atoms with Crippen molar-refractivity contribution in [2.24, 2.45) is 0 Å². The largest absolute Gasteiger partial charge is 0.497 e. The number of ether oxygens (including phenoxy) is 2. The third-order valence-electron chi connectivity index (χ3n) is 8.26. The third-order valence-corrected chi connectivity index (χ3v) is 8.26. The molecule has 1 spiro atoms. The van der Waals surface area contributed by atoms with Gasteiger partial charge in [-0.1, -0.05) is 30.2 Å². The van der Waals surface area contributed by atoms with E-state index in [0.29, 0.717) is 26.2 Å². The van der Waals surface area contributed by atoms with E-state index in [9.17, 15) is 9.59 Å². The van der Waals surface area contributed by atoms with Crippen LogP contribution in [0.1, 0.15) is 65.2 Å². The van der Waals surface area contributed by atoms with Crippen LogP contribution in [0.3, 0.4) is 0 Å². The zero-order valence-electron chi connectivity index (χ0n) is 22.8. The summed E-state index contributed by atoms with van der Waals surface area (Å²) in [5.74, 6) is 1.63. The molecule has 196 valence electrons. The molecule has 7 heteroatoms. The van der Waals surface area contributed by atoms with Crippen LogP contribution in [-0.4, -0.2) is 66.0 Å². The topological polar surface area (TPSA) is 62.3 Å². The van der Waals surface area contributed by atoms with Crippen molar-refractivity contribution in [3.8, 4) is 11.5 Å². The minimum absolute atomic E-state index is 0.0321. The van der Waals surface area contributed by atoms with Crippen molar-refractivity contribution in [3.05, 3.63) is 69.9 Å². The van der Waals surface area contributed by atoms with Gasteiger partial charge in [0.25, 0.3) is 5.91 Å². The van der Waals surface area contributed by atoms with Gasteiger partial charge >= 0.3 is 6.03 Å². The average Bonchev–Trinajstić information content (AvgIpc) is 2.99. The van der Waals surface area contributed by atoms with Crippen molar-refractivity contribution >= 4 is 11.9 Å². The molecule has 0 bridgehead atoms. The van der Waals surface area contributed by atoms with Gasteiger partial charge in [0.1, 0.15) is 11.5 Å². The van der Waals surface area contributed by atoms with Crippen LogP contribution in [0.5, 0.6) is 11.5 Å². The first-order valence-electron chi connectivity index (χ1n) is 13.2. The number of benzene rings is 2. The van der Waals surface area contributed by atoms with Gasteiger partial charge in [0.05, 0.1) is 26.3 Å². The van der Waals surface area contributed by atoms with Crippen molar-refractivity contribution in [1.29, 1.82) is 0 Å². The molecule has 2 saturated heterocycles. The normalized spacial score (nSPS) is 20.4. The summed E-state index contributed by atoms with van der Waals surface area (Å²) in [7, 11) is 3.32. The lowest BCUT2D eigenvalue weighted by atomic mass is 9.82. The molecule has 0 aliphatic carbocycles. The van der Waals surface area contributed by atoms with Gasteiger partial charge in [-0.25, -0.2) is 4.79 Å². The molecule has 1 unspecified atom stereocenters. The molecule has 2 aromatic rings. The second-order valence-electron chi connectivity index (χ2n) is 10.6. The number of hydrogen-bond acceptors (Lipinski definition) is 4. The Morgan fingerprint density at radius 1 is 1.03 bits per heavy atom. The summed E-state index contributed by atoms with van der Waals surface area (Å²) in [5, 5.41) is 0. The molecule has 3 amide bonds. The monoisotopic (exact) mass is 503 g/mol. The number of aryl methyl sites for hydroxylation is 2. The SMILES string of the molecule is CCN1C(=O)N2Cc3cc(OC)cc(OC)c3C(C)C=C2C12CCN(C(=O)c1cc(C)cc(C)c1)CC2. The van der Waals surface area contributed by atoms with Crippen molar-refractivity contribution in [1.82, 2.24) is 14.7 Å². The molecule has 37 heavy (non-hydrogen) atoms. The highest BCUT2D eigenvalue weighted by Gasteiger charge is 2.55. The molecule has 2 fully saturated rings. The number of amides is 3. The lowest BCUT2D eigenvalue weighted by Gasteiger charge is -2.44. The predicted molar refractivity (Wildman–Crippen MR) is 143 cm³/mol. The number of piperidine rings is 1. The van der Waals surface area contributed by atoms with E-state index in [0.717, 1.165) is 57.9 Å². The number of nitrogens with zero attached hydrogens (tertiary/aromatic N) is 3. The number of allylic oxidation sites excluding steroid dienone is 1. The number of fused-ring (bicyclic) bond motifs is 3. The highest BCUT2D eigenvalue weighted by Crippen LogP contribution is 2.49. The molecule has 0 radical (unpaired) electrons. The molecule has 5 rings (SSSR count). The summed E-state index contributed by atoms with van der Waals surface area (Å²) >= 11 is 0. The minimum atomic E-state index is -0.418. The lowest BCUT2D eigenvalue weighted by Crippen LogP contribution is -2.54. The van der Waals surface area contributed by atoms with E-state index in [1.54, 1.807) is 14.2 Å². The number of methoxy groups -OCH3 is 2. The maximum Gasteiger partial charge on any atom is 0.325 e. The zero-order chi connectivity index (χ0) is 26.5. The van der Waals surface area contributed by atoms with E-state index in [4.69, 9.17) is 9.47 Å². The highest BCUT2D eigenvalue weighted by molar-refractivity contribution is 5.95. The summed E-state index contributed by atoms with van der Waals surface area (Å²) in [6.07, 6.45) is 3.68. The molecule has 1 atom stereocenters. The molecule has 3 aliphatic heterocycles. The van der Waals surface area contributed by atoms with Crippen molar-refractivity contribution in [3.63, 3.8) is 0 Å². The molecular formula is C30H37N3O4. The number of carbonyl (C=O) groups is 2. The molecular weight excluding hydrogens is 466 g/mol. The molecule has 3 aliphatic rings. The van der Waals surface area contributed by atoms with Crippen LogP contribution in [0, 0.1) is 13.8 Å². The Labute approximate surface area is 219 Å². The number of carbonyl (C=O) groups excluding carboxylic acids is 2. The summed E-state index contributed by atoms with van der Waals surface area (Å²) in [5.41, 5.74) is 5.70. The first kappa shape index (κ1) is 25.2. The fourth-order valence-electron chi connectivity index (χ4n) is 6.62. The Balaban J connectivity index is 1.48. The van der Waals surface area contributed by atoms with Gasteiger partial charge < -0.3 is 19.3 Å². The first-order valence-corrected chi connectivity index (χ1v) is 13.2. The quantitative estimate of drug-likeness (QED) is 0.572. The average molecular weight is 504 g/mol. The van der Waals surface area contributed by atoms with E-state index in [2.05, 4.69) is 19.1 Å². The Hall–Kier alpha value is -3.48. The Morgan fingerprint density at radius 3 is 2.30 bits per heavy atom. The van der Waals surface area contributed by atoms with E-state index >= 15 is 0 Å². The molecule has 2 aromatic carbocycles. The smallest absolute Gasteiger partial charge is 0.325 e. The van der Waals surface area contributed by atoms with Gasteiger partial charge in [0.15, 0.2) is 0 Å². The Morgan fingerprint density at radius 2 is 1.70 bits per heavy atom. The molecule has 7 nitrogen and oxygen atoms in total. The number of likely N-dealkylation sites (tertiary alicyclic amines) is 1. The number of urea groups is 1. The van der Waals surface area contributed by atoms with Gasteiger partial charge in [-0.2, -0.15) is 0 Å². The summed E-state index contributed by atoms with van der Waals surface area (Å²) < 4.78 is 11.3. The van der Waals surface area contributed by atoms with Crippen molar-refractivity contribution < 1.29 is 19.1 Å². The van der Waals surface area contributed by atoms with Gasteiger partial charge in [-0.05, 0) is 57.4 Å². The number of hydrogen-bond donors (Lipinski definition) is 0. The van der Waals surface area contributed by atoms with Gasteiger partial charge in [0.2, 0.25) is 0 Å². The summed E-state index contributed by atoms with van der Waals surface area (Å²) in [6.45, 7) is 10.6. The minimum Gasteiger partial charge on any atom is -0.497 e. The number of likely N-dealkylation sites (N-methyl/N-ethyl adjacent to an activating group) is 1. The van der Waals surface area contributed by atoms with Gasteiger partial charge in [0, 0.05) is 48.4 Å². The van der Waals surface area contributed by atoms with Crippen LogP contribution in [0.4, 0.5) is 4.79 Å². The van der Waals surface area contributed by atoms with Gasteiger partial charge in [-0.15, -0.1) is 0 Å². The second kappa shape index (κ2) is 9.43. The third kappa shape index (κ3) is 4.05. The van der Waals surface area contributed by atoms with Gasteiger partial charge in [-0.3, -0.25) is 9.69 Å². The van der Waals surface area contributed by atoms with E-state index < -0.39 is 5.54 Å². The Bertz CT molecular complexity index is 1260. The summed E-state index contributed by atoms with van der Waals surface area (Å²) in [4.78, 5) is 33.1. The van der Waals surface area contributed by atoms with Crippen LogP contribution in [0.2, 0.25) is 0 Å². The standard InChI is InChI=1S/C30H37N3O4/c1-7-33-29(35)32-18-23-16-24(36-5)17-25(37-6)27(23)21(4)15-26(32)30(33)8-10-31(11-9-30)28(34)22-13-19(2)12-20(3)14-22/h12-17,21H,7-11,18H2,1-6H3. The lowest BCUT2D eigenvalue weighted by molar-refractivity contribution is 0.0575. The van der Waals surface area contributed by atoms with Crippen LogP contribution < -0.4 is 9.47 Å². The molecule has 0 saturated carbocycles. The van der Waals surface area contributed by atoms with Crippen LogP contribution in [-0.2, 0) is 6.54 Å². The first-order chi connectivity index (χ1) is 17.7. The fraction of sp³-hybridized carbons (Fsp3) is 0.467. The highest BCUT2D eigenvalue weighted by atomic mass is 16.5. The Kier molecular flexibility index (Phi) is 6.42. The maximum atomic E-state index is 13.8. The van der Waals surface area contributed by atoms with Crippen LogP contribution >= 0.6 is 0 Å². The zero-order valence-corrected chi connectivity index (χ0v) is 22.8. The van der Waals surface area contributed by atoms with Crippen LogP contribution in [0.15, 0.2) is 42.1 Å². The summed E-state index contributed by atoms with van der Waals surface area (Å²) in [6, 6.07) is 9.98. The van der Waals surface area contributed by atoms with E-state index in [1.807, 2.05) is 59.7 Å². The number of rotatable bonds is 4. The predicted octanol–water partition coefficient (Wildman–Crippen LogP) is 5.25. The molecule has 0 N–H and O–H groups in total. The second-order valence-corrected chi connectivity index (χ2v) is 10.6. The van der Waals surface area contributed by atoms with E-state index in [1.165, 1.54) is 0 Å². The van der Waals surface area contributed by atoms with Crippen LogP contribution in [0.25, 0.3) is 0 Å². The maximum absolute atomic E-state index is 13.8. The van der Waals surface area contributed by atoms with Crippen molar-refractivity contribution in [2.75, 3.05) is 33.9 Å².